The van der Waals surface area contributed by atoms with Gasteiger partial charge in [-0.2, -0.15) is 0 Å². The Balaban J connectivity index is 3.17. The van der Waals surface area contributed by atoms with Crippen LogP contribution >= 0.6 is 0 Å². The van der Waals surface area contributed by atoms with Gasteiger partial charge in [0.05, 0.1) is 11.4 Å². The zero-order valence-electron chi connectivity index (χ0n) is 12.2. The van der Waals surface area contributed by atoms with E-state index in [-0.39, 0.29) is 11.3 Å². The predicted octanol–water partition coefficient (Wildman–Crippen LogP) is 3.51. The smallest absolute Gasteiger partial charge is 0.340 e. The molecule has 0 saturated heterocycles. The number of nitrogen functional groups attached to an aromatic ring is 1. The number of nitrogens with zero attached hydrogens (tertiary/aromatic N) is 1. The minimum atomic E-state index is -1.19. The molecule has 5 heteroatoms. The van der Waals surface area contributed by atoms with Crippen LogP contribution < -0.4 is 10.6 Å². The van der Waals surface area contributed by atoms with Gasteiger partial charge in [-0.15, -0.1) is 0 Å². The van der Waals surface area contributed by atoms with Gasteiger partial charge in [0.1, 0.15) is 11.4 Å². The standard InChI is InChI=1S/C15H23FN2O2/c1-3-5-9-18(10-6-4-2)12-8-7-11(16)14(17)13(12)15(19)20/h7-8H,3-6,9-10,17H2,1-2H3,(H,19,20). The number of unbranched alkanes of at least 4 members (excludes halogenated alkanes) is 2. The normalized spacial score (nSPS) is 10.6. The molecule has 3 N–H and O–H groups in total. The number of halogens is 1. The summed E-state index contributed by atoms with van der Waals surface area (Å²) >= 11 is 0. The van der Waals surface area contributed by atoms with E-state index in [1.54, 1.807) is 0 Å². The zero-order chi connectivity index (χ0) is 15.1. The lowest BCUT2D eigenvalue weighted by molar-refractivity contribution is 0.0698. The van der Waals surface area contributed by atoms with E-state index in [0.29, 0.717) is 5.69 Å². The molecule has 0 radical (unpaired) electrons. The summed E-state index contributed by atoms with van der Waals surface area (Å²) in [5, 5.41) is 9.30. The summed E-state index contributed by atoms with van der Waals surface area (Å²) in [6, 6.07) is 2.75. The number of carboxylic acids is 1. The number of rotatable bonds is 8. The fourth-order valence-corrected chi connectivity index (χ4v) is 2.12. The molecule has 4 nitrogen and oxygen atoms in total. The van der Waals surface area contributed by atoms with E-state index in [1.165, 1.54) is 12.1 Å². The van der Waals surface area contributed by atoms with Gasteiger partial charge in [-0.25, -0.2) is 9.18 Å². The van der Waals surface area contributed by atoms with Crippen molar-refractivity contribution in [3.63, 3.8) is 0 Å². The van der Waals surface area contributed by atoms with Crippen molar-refractivity contribution < 1.29 is 14.3 Å². The van der Waals surface area contributed by atoms with Crippen LogP contribution in [0.1, 0.15) is 49.9 Å². The van der Waals surface area contributed by atoms with Crippen LogP contribution in [0, 0.1) is 5.82 Å². The zero-order valence-corrected chi connectivity index (χ0v) is 12.2. The summed E-state index contributed by atoms with van der Waals surface area (Å²) in [6.07, 6.45) is 3.95. The van der Waals surface area contributed by atoms with E-state index in [0.717, 1.165) is 38.8 Å². The van der Waals surface area contributed by atoms with E-state index in [4.69, 9.17) is 5.73 Å². The summed E-state index contributed by atoms with van der Waals surface area (Å²) in [7, 11) is 0. The minimum absolute atomic E-state index is 0.128. The topological polar surface area (TPSA) is 66.6 Å². The fourth-order valence-electron chi connectivity index (χ4n) is 2.12. The Morgan fingerprint density at radius 1 is 1.25 bits per heavy atom. The summed E-state index contributed by atoms with van der Waals surface area (Å²) in [5.41, 5.74) is 5.70. The Kier molecular flexibility index (Phi) is 6.28. The van der Waals surface area contributed by atoms with Crippen molar-refractivity contribution in [2.75, 3.05) is 23.7 Å². The number of aromatic carboxylic acids is 1. The molecule has 0 atom stereocenters. The van der Waals surface area contributed by atoms with Gasteiger partial charge in [-0.3, -0.25) is 0 Å². The predicted molar refractivity (Wildman–Crippen MR) is 79.8 cm³/mol. The second-order valence-electron chi connectivity index (χ2n) is 4.85. The maximum Gasteiger partial charge on any atom is 0.340 e. The van der Waals surface area contributed by atoms with E-state index in [9.17, 15) is 14.3 Å². The number of nitrogens with two attached hydrogens (primary N) is 1. The molecule has 0 aromatic heterocycles. The quantitative estimate of drug-likeness (QED) is 0.716. The highest BCUT2D eigenvalue weighted by Gasteiger charge is 2.21. The number of hydrogen-bond acceptors (Lipinski definition) is 3. The summed E-state index contributed by atoms with van der Waals surface area (Å²) in [4.78, 5) is 13.4. The number of benzene rings is 1. The maximum absolute atomic E-state index is 13.5. The van der Waals surface area contributed by atoms with Crippen molar-refractivity contribution >= 4 is 17.3 Å². The summed E-state index contributed by atoms with van der Waals surface area (Å²) in [5.74, 6) is -1.87. The van der Waals surface area contributed by atoms with Crippen LogP contribution in [0.25, 0.3) is 0 Å². The SMILES string of the molecule is CCCCN(CCCC)c1ccc(F)c(N)c1C(=O)O. The molecule has 20 heavy (non-hydrogen) atoms. The molecule has 1 aromatic carbocycles. The van der Waals surface area contributed by atoms with E-state index in [1.807, 2.05) is 4.90 Å². The average Bonchev–Trinajstić information content (AvgIpc) is 2.42. The van der Waals surface area contributed by atoms with Crippen molar-refractivity contribution in [1.82, 2.24) is 0 Å². The van der Waals surface area contributed by atoms with Crippen LogP contribution in [0.2, 0.25) is 0 Å². The van der Waals surface area contributed by atoms with Gasteiger partial charge >= 0.3 is 5.97 Å². The number of anilines is 2. The molecule has 0 fully saturated rings. The third-order valence-electron chi connectivity index (χ3n) is 3.29. The first-order valence-electron chi connectivity index (χ1n) is 7.09. The third-order valence-corrected chi connectivity index (χ3v) is 3.29. The van der Waals surface area contributed by atoms with Gasteiger partial charge < -0.3 is 15.7 Å². The van der Waals surface area contributed by atoms with Gasteiger partial charge in [0, 0.05) is 13.1 Å². The van der Waals surface area contributed by atoms with Crippen molar-refractivity contribution in [2.45, 2.75) is 39.5 Å². The first kappa shape index (κ1) is 16.3. The number of carboxylic acid groups (broad SMARTS) is 1. The lowest BCUT2D eigenvalue weighted by atomic mass is 10.1. The van der Waals surface area contributed by atoms with Crippen LogP contribution in [-0.4, -0.2) is 24.2 Å². The molecule has 112 valence electrons. The number of carbonyl (C=O) groups is 1. The Morgan fingerprint density at radius 3 is 2.25 bits per heavy atom. The highest BCUT2D eigenvalue weighted by Crippen LogP contribution is 2.29. The Morgan fingerprint density at radius 2 is 1.80 bits per heavy atom. The highest BCUT2D eigenvalue weighted by atomic mass is 19.1. The van der Waals surface area contributed by atoms with E-state index < -0.39 is 11.8 Å². The Bertz CT molecular complexity index is 455. The molecular formula is C15H23FN2O2. The Hall–Kier alpha value is -1.78. The second-order valence-corrected chi connectivity index (χ2v) is 4.85. The van der Waals surface area contributed by atoms with Gasteiger partial charge in [0.15, 0.2) is 0 Å². The largest absolute Gasteiger partial charge is 0.478 e. The molecule has 1 rings (SSSR count). The maximum atomic E-state index is 13.5. The van der Waals surface area contributed by atoms with Crippen molar-refractivity contribution in [3.05, 3.63) is 23.5 Å². The molecule has 0 saturated carbocycles. The molecule has 1 aromatic rings. The Labute approximate surface area is 119 Å². The molecule has 0 unspecified atom stereocenters. The van der Waals surface area contributed by atoms with Crippen molar-refractivity contribution in [1.29, 1.82) is 0 Å². The first-order chi connectivity index (χ1) is 9.52. The molecule has 0 aliphatic carbocycles. The van der Waals surface area contributed by atoms with E-state index >= 15 is 0 Å². The minimum Gasteiger partial charge on any atom is -0.478 e. The van der Waals surface area contributed by atoms with Gasteiger partial charge in [0.25, 0.3) is 0 Å². The highest BCUT2D eigenvalue weighted by molar-refractivity contribution is 6.00. The molecule has 0 aliphatic heterocycles. The number of hydrogen-bond donors (Lipinski definition) is 2. The first-order valence-corrected chi connectivity index (χ1v) is 7.09. The molecule has 0 bridgehead atoms. The van der Waals surface area contributed by atoms with Gasteiger partial charge in [0.2, 0.25) is 0 Å². The summed E-state index contributed by atoms with van der Waals surface area (Å²) in [6.45, 7) is 5.66. The molecular weight excluding hydrogens is 259 g/mol. The van der Waals surface area contributed by atoms with Crippen LogP contribution in [0.3, 0.4) is 0 Å². The lowest BCUT2D eigenvalue weighted by Crippen LogP contribution is -2.28. The van der Waals surface area contributed by atoms with Gasteiger partial charge in [-0.05, 0) is 25.0 Å². The third kappa shape index (κ3) is 3.85. The summed E-state index contributed by atoms with van der Waals surface area (Å²) < 4.78 is 13.5. The monoisotopic (exact) mass is 282 g/mol. The molecule has 0 amide bonds. The van der Waals surface area contributed by atoms with Crippen LogP contribution in [0.5, 0.6) is 0 Å². The average molecular weight is 282 g/mol. The van der Waals surface area contributed by atoms with Crippen LogP contribution in [0.4, 0.5) is 15.8 Å². The molecule has 0 heterocycles. The van der Waals surface area contributed by atoms with Crippen molar-refractivity contribution in [3.8, 4) is 0 Å². The fraction of sp³-hybridized carbons (Fsp3) is 0.533. The van der Waals surface area contributed by atoms with Gasteiger partial charge in [-0.1, -0.05) is 26.7 Å². The molecule has 0 aliphatic rings. The van der Waals surface area contributed by atoms with Crippen molar-refractivity contribution in [2.24, 2.45) is 0 Å². The second kappa shape index (κ2) is 7.72. The molecule has 0 spiro atoms. The van der Waals surface area contributed by atoms with Crippen LogP contribution in [0.15, 0.2) is 12.1 Å². The lowest BCUT2D eigenvalue weighted by Gasteiger charge is -2.26. The van der Waals surface area contributed by atoms with Crippen LogP contribution in [-0.2, 0) is 0 Å². The van der Waals surface area contributed by atoms with E-state index in [2.05, 4.69) is 13.8 Å².